The highest BCUT2D eigenvalue weighted by Gasteiger charge is 2.08. The Morgan fingerprint density at radius 1 is 1.00 bits per heavy atom. The molecule has 0 aliphatic heterocycles. The van der Waals surface area contributed by atoms with E-state index in [0.29, 0.717) is 10.2 Å². The molecule has 0 unspecified atom stereocenters. The molecular weight excluding hydrogens is 385 g/mol. The summed E-state index contributed by atoms with van der Waals surface area (Å²) in [4.78, 5) is 16.2. The maximum absolute atomic E-state index is 13.7. The van der Waals surface area contributed by atoms with Crippen molar-refractivity contribution in [1.29, 1.82) is 0 Å². The van der Waals surface area contributed by atoms with Gasteiger partial charge in [-0.1, -0.05) is 28.1 Å². The molecule has 0 bridgehead atoms. The molecule has 0 aliphatic rings. The number of halogens is 2. The van der Waals surface area contributed by atoms with Gasteiger partial charge >= 0.3 is 6.03 Å². The van der Waals surface area contributed by atoms with Gasteiger partial charge in [-0.25, -0.2) is 9.18 Å². The predicted molar refractivity (Wildman–Crippen MR) is 101 cm³/mol. The van der Waals surface area contributed by atoms with Crippen molar-refractivity contribution in [3.63, 3.8) is 0 Å². The Kier molecular flexibility index (Phi) is 5.09. The maximum Gasteiger partial charge on any atom is 0.323 e. The second-order valence-electron chi connectivity index (χ2n) is 5.47. The summed E-state index contributed by atoms with van der Waals surface area (Å²) in [6.07, 6.45) is 1.76. The monoisotopic (exact) mass is 399 g/mol. The minimum Gasteiger partial charge on any atom is -0.308 e. The summed E-state index contributed by atoms with van der Waals surface area (Å²) in [5, 5.41) is 5.17. The van der Waals surface area contributed by atoms with E-state index in [1.165, 1.54) is 12.1 Å². The molecular formula is C19H15BrFN3O. The third kappa shape index (κ3) is 4.42. The Hall–Kier alpha value is -2.73. The number of aryl methyl sites for hydroxylation is 1. The van der Waals surface area contributed by atoms with Crippen LogP contribution in [0.2, 0.25) is 0 Å². The molecule has 0 saturated heterocycles. The molecule has 4 nitrogen and oxygen atoms in total. The summed E-state index contributed by atoms with van der Waals surface area (Å²) in [5.41, 5.74) is 3.74. The molecule has 1 aromatic heterocycles. The number of rotatable bonds is 3. The minimum absolute atomic E-state index is 0.107. The van der Waals surface area contributed by atoms with Crippen LogP contribution in [-0.4, -0.2) is 11.0 Å². The van der Waals surface area contributed by atoms with Crippen LogP contribution in [-0.2, 0) is 0 Å². The van der Waals surface area contributed by atoms with Crippen LogP contribution in [0.5, 0.6) is 0 Å². The first-order valence-electron chi connectivity index (χ1n) is 7.57. The van der Waals surface area contributed by atoms with Gasteiger partial charge in [-0.05, 0) is 60.5 Å². The summed E-state index contributed by atoms with van der Waals surface area (Å²) >= 11 is 3.25. The third-order valence-electron chi connectivity index (χ3n) is 3.55. The van der Waals surface area contributed by atoms with Crippen molar-refractivity contribution in [3.8, 4) is 11.1 Å². The molecule has 6 heteroatoms. The Bertz CT molecular complexity index is 913. The number of urea groups is 1. The van der Waals surface area contributed by atoms with Crippen LogP contribution in [0.15, 0.2) is 65.3 Å². The number of hydrogen-bond donors (Lipinski definition) is 2. The highest BCUT2D eigenvalue weighted by molar-refractivity contribution is 9.10. The third-order valence-corrected chi connectivity index (χ3v) is 4.04. The summed E-state index contributed by atoms with van der Waals surface area (Å²) in [7, 11) is 0. The van der Waals surface area contributed by atoms with Gasteiger partial charge < -0.3 is 10.6 Å². The molecule has 3 aromatic rings. The largest absolute Gasteiger partial charge is 0.323 e. The molecule has 0 saturated carbocycles. The Balaban J connectivity index is 1.69. The number of carbonyl (C=O) groups is 1. The van der Waals surface area contributed by atoms with Gasteiger partial charge in [0, 0.05) is 22.1 Å². The summed E-state index contributed by atoms with van der Waals surface area (Å²) in [6.45, 7) is 1.94. The van der Waals surface area contributed by atoms with E-state index in [4.69, 9.17) is 0 Å². The normalized spacial score (nSPS) is 10.4. The van der Waals surface area contributed by atoms with Crippen molar-refractivity contribution >= 4 is 33.3 Å². The zero-order valence-electron chi connectivity index (χ0n) is 13.4. The van der Waals surface area contributed by atoms with E-state index in [-0.39, 0.29) is 5.69 Å². The Morgan fingerprint density at radius 2 is 1.76 bits per heavy atom. The molecule has 25 heavy (non-hydrogen) atoms. The highest BCUT2D eigenvalue weighted by Crippen LogP contribution is 2.23. The SMILES string of the molecule is Cc1cc(-c2ccc(NC(=O)Nc3cc(Br)ccc3F)cc2)ccn1. The smallest absolute Gasteiger partial charge is 0.308 e. The number of carbonyl (C=O) groups excluding carboxylic acids is 1. The van der Waals surface area contributed by atoms with Gasteiger partial charge in [0.05, 0.1) is 5.69 Å². The summed E-state index contributed by atoms with van der Waals surface area (Å²) < 4.78 is 14.4. The van der Waals surface area contributed by atoms with E-state index in [2.05, 4.69) is 31.5 Å². The quantitative estimate of drug-likeness (QED) is 0.601. The lowest BCUT2D eigenvalue weighted by Gasteiger charge is -2.10. The van der Waals surface area contributed by atoms with E-state index in [1.54, 1.807) is 24.4 Å². The van der Waals surface area contributed by atoms with E-state index >= 15 is 0 Å². The van der Waals surface area contributed by atoms with Gasteiger partial charge in [-0.2, -0.15) is 0 Å². The molecule has 2 N–H and O–H groups in total. The standard InChI is InChI=1S/C19H15BrFN3O/c1-12-10-14(8-9-22-12)13-2-5-16(6-3-13)23-19(25)24-18-11-15(20)4-7-17(18)21/h2-11H,1H3,(H2,23,24,25). The number of hydrogen-bond acceptors (Lipinski definition) is 2. The van der Waals surface area contributed by atoms with Crippen molar-refractivity contribution in [2.24, 2.45) is 0 Å². The maximum atomic E-state index is 13.7. The number of nitrogens with zero attached hydrogens (tertiary/aromatic N) is 1. The first-order chi connectivity index (χ1) is 12.0. The fraction of sp³-hybridized carbons (Fsp3) is 0.0526. The van der Waals surface area contributed by atoms with Gasteiger partial charge in [0.2, 0.25) is 0 Å². The van der Waals surface area contributed by atoms with Crippen molar-refractivity contribution in [2.45, 2.75) is 6.92 Å². The van der Waals surface area contributed by atoms with Gasteiger partial charge in [-0.15, -0.1) is 0 Å². The number of nitrogens with one attached hydrogen (secondary N) is 2. The minimum atomic E-state index is -0.510. The van der Waals surface area contributed by atoms with Crippen molar-refractivity contribution < 1.29 is 9.18 Å². The number of aromatic nitrogens is 1. The molecule has 1 heterocycles. The lowest BCUT2D eigenvalue weighted by molar-refractivity contribution is 0.262. The van der Waals surface area contributed by atoms with Crippen molar-refractivity contribution in [3.05, 3.63) is 76.8 Å². The van der Waals surface area contributed by atoms with Crippen LogP contribution in [0, 0.1) is 12.7 Å². The van der Waals surface area contributed by atoms with Crippen LogP contribution in [0.25, 0.3) is 11.1 Å². The molecule has 0 spiro atoms. The number of anilines is 2. The average Bonchev–Trinajstić information content (AvgIpc) is 2.59. The molecule has 3 rings (SSSR count). The topological polar surface area (TPSA) is 54.0 Å². The Labute approximate surface area is 153 Å². The number of pyridine rings is 1. The summed E-state index contributed by atoms with van der Waals surface area (Å²) in [5.74, 6) is -0.498. The molecule has 2 amide bonds. The van der Waals surface area contributed by atoms with Gasteiger partial charge in [-0.3, -0.25) is 4.98 Å². The van der Waals surface area contributed by atoms with Crippen LogP contribution < -0.4 is 10.6 Å². The second-order valence-corrected chi connectivity index (χ2v) is 6.38. The van der Waals surface area contributed by atoms with E-state index < -0.39 is 11.8 Å². The zero-order valence-corrected chi connectivity index (χ0v) is 15.0. The van der Waals surface area contributed by atoms with Crippen LogP contribution in [0.1, 0.15) is 5.69 Å². The highest BCUT2D eigenvalue weighted by atomic mass is 79.9. The van der Waals surface area contributed by atoms with Crippen LogP contribution >= 0.6 is 15.9 Å². The zero-order chi connectivity index (χ0) is 17.8. The molecule has 0 fully saturated rings. The summed E-state index contributed by atoms with van der Waals surface area (Å²) in [6, 6.07) is 15.2. The van der Waals surface area contributed by atoms with Gasteiger partial charge in [0.25, 0.3) is 0 Å². The molecule has 0 aliphatic carbocycles. The number of benzene rings is 2. The molecule has 0 atom stereocenters. The fourth-order valence-electron chi connectivity index (χ4n) is 2.35. The number of amides is 2. The predicted octanol–water partition coefficient (Wildman–Crippen LogP) is 5.60. The van der Waals surface area contributed by atoms with Crippen LogP contribution in [0.3, 0.4) is 0 Å². The van der Waals surface area contributed by atoms with Crippen molar-refractivity contribution in [2.75, 3.05) is 10.6 Å². The molecule has 2 aromatic carbocycles. The lowest BCUT2D eigenvalue weighted by Crippen LogP contribution is -2.20. The molecule has 0 radical (unpaired) electrons. The van der Waals surface area contributed by atoms with Gasteiger partial charge in [0.15, 0.2) is 0 Å². The lowest BCUT2D eigenvalue weighted by atomic mass is 10.1. The Morgan fingerprint density at radius 3 is 2.48 bits per heavy atom. The van der Waals surface area contributed by atoms with Gasteiger partial charge in [0.1, 0.15) is 5.82 Å². The van der Waals surface area contributed by atoms with Crippen molar-refractivity contribution in [1.82, 2.24) is 4.98 Å². The fourth-order valence-corrected chi connectivity index (χ4v) is 2.71. The average molecular weight is 400 g/mol. The first kappa shape index (κ1) is 17.1. The van der Waals surface area contributed by atoms with E-state index in [0.717, 1.165) is 16.8 Å². The van der Waals surface area contributed by atoms with Crippen LogP contribution in [0.4, 0.5) is 20.6 Å². The molecule has 126 valence electrons. The van der Waals surface area contributed by atoms with E-state index in [1.807, 2.05) is 31.2 Å². The first-order valence-corrected chi connectivity index (χ1v) is 8.37. The second kappa shape index (κ2) is 7.44. The van der Waals surface area contributed by atoms with E-state index in [9.17, 15) is 9.18 Å².